The van der Waals surface area contributed by atoms with Gasteiger partial charge in [-0.15, -0.1) is 10.2 Å². The molecule has 0 aliphatic carbocycles. The lowest BCUT2D eigenvalue weighted by atomic mass is 10.0. The van der Waals surface area contributed by atoms with Crippen molar-refractivity contribution >= 4 is 11.3 Å². The van der Waals surface area contributed by atoms with Crippen LogP contribution in [-0.2, 0) is 16.9 Å². The molecule has 2 rings (SSSR count). The van der Waals surface area contributed by atoms with E-state index in [2.05, 4.69) is 22.4 Å². The third-order valence-electron chi connectivity index (χ3n) is 2.47. The smallest absolute Gasteiger partial charge is 0.149 e. The first-order valence-corrected chi connectivity index (χ1v) is 5.68. The molecule has 1 aromatic heterocycles. The van der Waals surface area contributed by atoms with E-state index in [9.17, 15) is 0 Å². The van der Waals surface area contributed by atoms with Gasteiger partial charge in [0.1, 0.15) is 15.6 Å². The number of rotatable bonds is 3. The van der Waals surface area contributed by atoms with E-state index in [0.717, 1.165) is 36.0 Å². The van der Waals surface area contributed by atoms with Crippen molar-refractivity contribution < 1.29 is 4.74 Å². The van der Waals surface area contributed by atoms with Crippen molar-refractivity contribution in [2.24, 2.45) is 0 Å². The van der Waals surface area contributed by atoms with E-state index in [4.69, 9.17) is 4.74 Å². The minimum atomic E-state index is -0.177. The fourth-order valence-corrected chi connectivity index (χ4v) is 2.62. The Morgan fingerprint density at radius 2 is 2.43 bits per heavy atom. The second-order valence-electron chi connectivity index (χ2n) is 3.71. The third kappa shape index (κ3) is 1.80. The van der Waals surface area contributed by atoms with Crippen molar-refractivity contribution in [3.05, 3.63) is 10.0 Å². The summed E-state index contributed by atoms with van der Waals surface area (Å²) in [6.07, 6.45) is 2.18. The molecule has 1 N–H and O–H groups in total. The largest absolute Gasteiger partial charge is 0.368 e. The van der Waals surface area contributed by atoms with E-state index in [0.29, 0.717) is 0 Å². The van der Waals surface area contributed by atoms with Crippen LogP contribution in [0.15, 0.2) is 0 Å². The Morgan fingerprint density at radius 1 is 1.57 bits per heavy atom. The molecule has 1 atom stereocenters. The lowest BCUT2D eigenvalue weighted by Crippen LogP contribution is -2.19. The van der Waals surface area contributed by atoms with E-state index >= 15 is 0 Å². The fourth-order valence-electron chi connectivity index (χ4n) is 1.64. The van der Waals surface area contributed by atoms with Gasteiger partial charge in [-0.25, -0.2) is 0 Å². The molecule has 0 saturated carbocycles. The van der Waals surface area contributed by atoms with E-state index in [1.54, 1.807) is 11.3 Å². The molecular formula is C9H15N3OS. The molecule has 0 aromatic carbocycles. The lowest BCUT2D eigenvalue weighted by molar-refractivity contribution is 0.0161. The standard InChI is InChI=1S/C9H15N3OS/c1-9(4-3-5-13-9)8-12-11-7(14-8)6-10-2/h10H,3-6H2,1-2H3. The summed E-state index contributed by atoms with van der Waals surface area (Å²) in [4.78, 5) is 0. The van der Waals surface area contributed by atoms with Crippen LogP contribution in [-0.4, -0.2) is 23.9 Å². The molecule has 0 radical (unpaired) electrons. The molecule has 0 spiro atoms. The van der Waals surface area contributed by atoms with Crippen LogP contribution in [0.2, 0.25) is 0 Å². The van der Waals surface area contributed by atoms with Crippen LogP contribution in [0, 0.1) is 0 Å². The highest BCUT2D eigenvalue weighted by atomic mass is 32.1. The topological polar surface area (TPSA) is 47.0 Å². The average molecular weight is 213 g/mol. The number of hydrogen-bond acceptors (Lipinski definition) is 5. The van der Waals surface area contributed by atoms with Gasteiger partial charge in [-0.2, -0.15) is 0 Å². The third-order valence-corrected chi connectivity index (χ3v) is 3.63. The second kappa shape index (κ2) is 3.92. The van der Waals surface area contributed by atoms with Crippen LogP contribution in [0.25, 0.3) is 0 Å². The van der Waals surface area contributed by atoms with Gasteiger partial charge in [-0.05, 0) is 26.8 Å². The summed E-state index contributed by atoms with van der Waals surface area (Å²) in [5.74, 6) is 0. The van der Waals surface area contributed by atoms with Gasteiger partial charge < -0.3 is 10.1 Å². The van der Waals surface area contributed by atoms with E-state index in [1.165, 1.54) is 0 Å². The Bertz CT molecular complexity index is 307. The number of aromatic nitrogens is 2. The Labute approximate surface area is 87.7 Å². The molecule has 1 fully saturated rings. The number of nitrogens with one attached hydrogen (secondary N) is 1. The molecule has 5 heteroatoms. The molecule has 1 saturated heterocycles. The van der Waals surface area contributed by atoms with Gasteiger partial charge in [-0.1, -0.05) is 11.3 Å². The summed E-state index contributed by atoms with van der Waals surface area (Å²) < 4.78 is 5.71. The van der Waals surface area contributed by atoms with Crippen LogP contribution < -0.4 is 5.32 Å². The first-order valence-electron chi connectivity index (χ1n) is 4.86. The monoisotopic (exact) mass is 213 g/mol. The van der Waals surface area contributed by atoms with Crippen LogP contribution in [0.4, 0.5) is 0 Å². The summed E-state index contributed by atoms with van der Waals surface area (Å²) >= 11 is 1.64. The summed E-state index contributed by atoms with van der Waals surface area (Å²) in [6.45, 7) is 3.73. The number of hydrogen-bond donors (Lipinski definition) is 1. The molecule has 1 unspecified atom stereocenters. The van der Waals surface area contributed by atoms with Crippen molar-refractivity contribution in [3.63, 3.8) is 0 Å². The quantitative estimate of drug-likeness (QED) is 0.821. The van der Waals surface area contributed by atoms with Gasteiger partial charge in [0.05, 0.1) is 0 Å². The average Bonchev–Trinajstić information content (AvgIpc) is 2.75. The first kappa shape index (κ1) is 10.0. The maximum Gasteiger partial charge on any atom is 0.149 e. The van der Waals surface area contributed by atoms with Crippen molar-refractivity contribution in [2.75, 3.05) is 13.7 Å². The zero-order chi connectivity index (χ0) is 10.0. The van der Waals surface area contributed by atoms with Crippen molar-refractivity contribution in [2.45, 2.75) is 31.9 Å². The molecule has 14 heavy (non-hydrogen) atoms. The zero-order valence-corrected chi connectivity index (χ0v) is 9.36. The highest BCUT2D eigenvalue weighted by Gasteiger charge is 2.35. The van der Waals surface area contributed by atoms with Gasteiger partial charge in [-0.3, -0.25) is 0 Å². The normalized spacial score (nSPS) is 27.0. The maximum absolute atomic E-state index is 5.71. The minimum Gasteiger partial charge on any atom is -0.368 e. The molecular weight excluding hydrogens is 198 g/mol. The predicted molar refractivity (Wildman–Crippen MR) is 55.2 cm³/mol. The molecule has 1 aromatic rings. The maximum atomic E-state index is 5.71. The molecule has 1 aliphatic heterocycles. The zero-order valence-electron chi connectivity index (χ0n) is 8.54. The Morgan fingerprint density at radius 3 is 3.07 bits per heavy atom. The Kier molecular flexibility index (Phi) is 2.80. The summed E-state index contributed by atoms with van der Waals surface area (Å²) in [5.41, 5.74) is -0.177. The van der Waals surface area contributed by atoms with Gasteiger partial charge >= 0.3 is 0 Å². The van der Waals surface area contributed by atoms with Crippen molar-refractivity contribution in [1.29, 1.82) is 0 Å². The molecule has 0 bridgehead atoms. The molecule has 0 amide bonds. The number of nitrogens with zero attached hydrogens (tertiary/aromatic N) is 2. The van der Waals surface area contributed by atoms with Crippen molar-refractivity contribution in [1.82, 2.24) is 15.5 Å². The van der Waals surface area contributed by atoms with Crippen LogP contribution in [0.3, 0.4) is 0 Å². The predicted octanol–water partition coefficient (Wildman–Crippen LogP) is 1.28. The molecule has 2 heterocycles. The van der Waals surface area contributed by atoms with Gasteiger partial charge in [0.15, 0.2) is 0 Å². The van der Waals surface area contributed by atoms with E-state index in [-0.39, 0.29) is 5.60 Å². The van der Waals surface area contributed by atoms with Crippen LogP contribution in [0.5, 0.6) is 0 Å². The summed E-state index contributed by atoms with van der Waals surface area (Å²) in [5, 5.41) is 13.4. The Hall–Kier alpha value is -0.520. The fraction of sp³-hybridized carbons (Fsp3) is 0.778. The van der Waals surface area contributed by atoms with Crippen molar-refractivity contribution in [3.8, 4) is 0 Å². The highest BCUT2D eigenvalue weighted by molar-refractivity contribution is 7.11. The van der Waals surface area contributed by atoms with Crippen LogP contribution in [0.1, 0.15) is 29.8 Å². The molecule has 1 aliphatic rings. The molecule has 4 nitrogen and oxygen atoms in total. The first-order chi connectivity index (χ1) is 6.74. The van der Waals surface area contributed by atoms with E-state index in [1.807, 2.05) is 7.05 Å². The lowest BCUT2D eigenvalue weighted by Gasteiger charge is -2.18. The second-order valence-corrected chi connectivity index (χ2v) is 4.78. The SMILES string of the molecule is CNCc1nnc(C2(C)CCCO2)s1. The summed E-state index contributed by atoms with van der Waals surface area (Å²) in [6, 6.07) is 0. The summed E-state index contributed by atoms with van der Waals surface area (Å²) in [7, 11) is 1.91. The highest BCUT2D eigenvalue weighted by Crippen LogP contribution is 2.36. The van der Waals surface area contributed by atoms with Gasteiger partial charge in [0.2, 0.25) is 0 Å². The van der Waals surface area contributed by atoms with Gasteiger partial charge in [0.25, 0.3) is 0 Å². The minimum absolute atomic E-state index is 0.177. The number of ether oxygens (including phenoxy) is 1. The molecule has 78 valence electrons. The Balaban J connectivity index is 2.15. The van der Waals surface area contributed by atoms with Crippen LogP contribution >= 0.6 is 11.3 Å². The van der Waals surface area contributed by atoms with E-state index < -0.39 is 0 Å². The van der Waals surface area contributed by atoms with Gasteiger partial charge in [0, 0.05) is 13.2 Å².